The molecule has 3 atom stereocenters. The summed E-state index contributed by atoms with van der Waals surface area (Å²) in [5.74, 6) is 0.0361. The molecule has 4 nitrogen and oxygen atoms in total. The third-order valence-electron chi connectivity index (χ3n) is 5.12. The Morgan fingerprint density at radius 2 is 2.30 bits per heavy atom. The van der Waals surface area contributed by atoms with Crippen molar-refractivity contribution in [3.63, 3.8) is 0 Å². The van der Waals surface area contributed by atoms with Crippen LogP contribution >= 0.6 is 0 Å². The van der Waals surface area contributed by atoms with Crippen molar-refractivity contribution in [2.75, 3.05) is 26.9 Å². The SMILES string of the molecule is CO[C@@H]1CCC[C@@H]1[C@H]1COCCN1Cc1ccc(C#N)c(F)c1. The first-order chi connectivity index (χ1) is 11.2. The van der Waals surface area contributed by atoms with Crippen LogP contribution in [0.15, 0.2) is 18.2 Å². The van der Waals surface area contributed by atoms with Crippen molar-refractivity contribution in [1.29, 1.82) is 5.26 Å². The van der Waals surface area contributed by atoms with Crippen molar-refractivity contribution < 1.29 is 13.9 Å². The summed E-state index contributed by atoms with van der Waals surface area (Å²) < 4.78 is 25.2. The Morgan fingerprint density at radius 3 is 3.04 bits per heavy atom. The number of ether oxygens (including phenoxy) is 2. The van der Waals surface area contributed by atoms with Gasteiger partial charge in [-0.1, -0.05) is 12.5 Å². The lowest BCUT2D eigenvalue weighted by Crippen LogP contribution is -2.50. The zero-order valence-electron chi connectivity index (χ0n) is 13.5. The molecule has 1 aromatic carbocycles. The van der Waals surface area contributed by atoms with Crippen LogP contribution in [0.1, 0.15) is 30.4 Å². The topological polar surface area (TPSA) is 45.5 Å². The molecule has 1 heterocycles. The molecular formula is C18H23FN2O2. The zero-order valence-corrected chi connectivity index (χ0v) is 13.5. The van der Waals surface area contributed by atoms with Crippen molar-refractivity contribution in [2.24, 2.45) is 5.92 Å². The van der Waals surface area contributed by atoms with Crippen LogP contribution in [0.3, 0.4) is 0 Å². The van der Waals surface area contributed by atoms with Crippen LogP contribution in [-0.4, -0.2) is 43.9 Å². The number of halogens is 1. The molecule has 5 heteroatoms. The Balaban J connectivity index is 1.74. The number of nitriles is 1. The van der Waals surface area contributed by atoms with Gasteiger partial charge in [0.25, 0.3) is 0 Å². The van der Waals surface area contributed by atoms with E-state index >= 15 is 0 Å². The predicted molar refractivity (Wildman–Crippen MR) is 84.3 cm³/mol. The van der Waals surface area contributed by atoms with Gasteiger partial charge in [0.05, 0.1) is 24.9 Å². The van der Waals surface area contributed by atoms with Crippen LogP contribution in [0.25, 0.3) is 0 Å². The highest BCUT2D eigenvalue weighted by Gasteiger charge is 2.38. The zero-order chi connectivity index (χ0) is 16.2. The van der Waals surface area contributed by atoms with Gasteiger partial charge in [-0.15, -0.1) is 0 Å². The summed E-state index contributed by atoms with van der Waals surface area (Å²) in [5, 5.41) is 8.84. The Hall–Kier alpha value is -1.48. The Bertz CT molecular complexity index is 587. The molecule has 0 amide bonds. The summed E-state index contributed by atoms with van der Waals surface area (Å²) in [4.78, 5) is 2.38. The van der Waals surface area contributed by atoms with Crippen LogP contribution in [0, 0.1) is 23.1 Å². The van der Waals surface area contributed by atoms with Crippen LogP contribution < -0.4 is 0 Å². The molecule has 0 aromatic heterocycles. The van der Waals surface area contributed by atoms with E-state index in [1.54, 1.807) is 13.2 Å². The van der Waals surface area contributed by atoms with Gasteiger partial charge in [-0.2, -0.15) is 5.26 Å². The fourth-order valence-corrected chi connectivity index (χ4v) is 3.92. The molecule has 1 aromatic rings. The van der Waals surface area contributed by atoms with Crippen molar-refractivity contribution in [3.05, 3.63) is 35.1 Å². The lowest BCUT2D eigenvalue weighted by Gasteiger charge is -2.40. The first kappa shape index (κ1) is 16.4. The average molecular weight is 318 g/mol. The highest BCUT2D eigenvalue weighted by Crippen LogP contribution is 2.34. The maximum Gasteiger partial charge on any atom is 0.141 e. The molecule has 1 saturated heterocycles. The van der Waals surface area contributed by atoms with Gasteiger partial charge in [0, 0.05) is 32.2 Å². The molecule has 0 radical (unpaired) electrons. The summed E-state index contributed by atoms with van der Waals surface area (Å²) in [6.07, 6.45) is 3.75. The van der Waals surface area contributed by atoms with E-state index in [4.69, 9.17) is 14.7 Å². The maximum atomic E-state index is 13.8. The van der Waals surface area contributed by atoms with Gasteiger partial charge in [-0.3, -0.25) is 4.90 Å². The lowest BCUT2D eigenvalue weighted by atomic mass is 9.93. The van der Waals surface area contributed by atoms with Gasteiger partial charge in [0.15, 0.2) is 0 Å². The molecule has 0 spiro atoms. The highest BCUT2D eigenvalue weighted by molar-refractivity contribution is 5.33. The number of methoxy groups -OCH3 is 1. The normalized spacial score (nSPS) is 28.7. The minimum absolute atomic E-state index is 0.0996. The second-order valence-electron chi connectivity index (χ2n) is 6.41. The largest absolute Gasteiger partial charge is 0.381 e. The number of hydrogen-bond acceptors (Lipinski definition) is 4. The molecule has 0 unspecified atom stereocenters. The quantitative estimate of drug-likeness (QED) is 0.856. The summed E-state index contributed by atoms with van der Waals surface area (Å²) in [5.41, 5.74) is 1.00. The highest BCUT2D eigenvalue weighted by atomic mass is 19.1. The minimum Gasteiger partial charge on any atom is -0.381 e. The molecule has 2 fully saturated rings. The Kier molecular flexibility index (Phi) is 5.27. The first-order valence-electron chi connectivity index (χ1n) is 8.26. The van der Waals surface area contributed by atoms with Crippen molar-refractivity contribution >= 4 is 0 Å². The molecule has 0 N–H and O–H groups in total. The third-order valence-corrected chi connectivity index (χ3v) is 5.12. The van der Waals surface area contributed by atoms with E-state index in [-0.39, 0.29) is 5.56 Å². The summed E-state index contributed by atoms with van der Waals surface area (Å²) >= 11 is 0. The summed E-state index contributed by atoms with van der Waals surface area (Å²) in [7, 11) is 1.78. The molecule has 3 rings (SSSR count). The number of morpholine rings is 1. The second-order valence-corrected chi connectivity index (χ2v) is 6.41. The van der Waals surface area contributed by atoms with E-state index in [9.17, 15) is 4.39 Å². The van der Waals surface area contributed by atoms with Gasteiger partial charge < -0.3 is 9.47 Å². The Labute approximate surface area is 136 Å². The third kappa shape index (κ3) is 3.55. The van der Waals surface area contributed by atoms with Crippen molar-refractivity contribution in [3.8, 4) is 6.07 Å². The van der Waals surface area contributed by atoms with E-state index < -0.39 is 5.82 Å². The van der Waals surface area contributed by atoms with E-state index in [0.717, 1.165) is 24.9 Å². The van der Waals surface area contributed by atoms with E-state index in [1.807, 2.05) is 12.1 Å². The summed E-state index contributed by atoms with van der Waals surface area (Å²) in [6.45, 7) is 2.95. The fourth-order valence-electron chi connectivity index (χ4n) is 3.92. The monoisotopic (exact) mass is 318 g/mol. The molecule has 2 aliphatic rings. The molecule has 23 heavy (non-hydrogen) atoms. The molecule has 1 saturated carbocycles. The summed E-state index contributed by atoms with van der Waals surface area (Å²) in [6, 6.07) is 7.07. The van der Waals surface area contributed by atoms with Gasteiger partial charge >= 0.3 is 0 Å². The number of nitrogens with zero attached hydrogens (tertiary/aromatic N) is 2. The lowest BCUT2D eigenvalue weighted by molar-refractivity contribution is -0.0608. The molecule has 1 aliphatic heterocycles. The van der Waals surface area contributed by atoms with Gasteiger partial charge in [-0.25, -0.2) is 4.39 Å². The maximum absolute atomic E-state index is 13.8. The average Bonchev–Trinajstić information content (AvgIpc) is 3.04. The van der Waals surface area contributed by atoms with Gasteiger partial charge in [0.1, 0.15) is 11.9 Å². The second kappa shape index (κ2) is 7.39. The van der Waals surface area contributed by atoms with Crippen LogP contribution in [0.2, 0.25) is 0 Å². The van der Waals surface area contributed by atoms with Crippen LogP contribution in [-0.2, 0) is 16.0 Å². The van der Waals surface area contributed by atoms with E-state index in [1.165, 1.54) is 12.5 Å². The molecule has 0 bridgehead atoms. The van der Waals surface area contributed by atoms with Crippen LogP contribution in [0.4, 0.5) is 4.39 Å². The van der Waals surface area contributed by atoms with E-state index in [0.29, 0.717) is 37.8 Å². The van der Waals surface area contributed by atoms with E-state index in [2.05, 4.69) is 4.90 Å². The molecular weight excluding hydrogens is 295 g/mol. The van der Waals surface area contributed by atoms with Gasteiger partial charge in [-0.05, 0) is 30.5 Å². The van der Waals surface area contributed by atoms with Gasteiger partial charge in [0.2, 0.25) is 0 Å². The minimum atomic E-state index is -0.439. The number of benzene rings is 1. The fraction of sp³-hybridized carbons (Fsp3) is 0.611. The smallest absolute Gasteiger partial charge is 0.141 e. The predicted octanol–water partition coefficient (Wildman–Crippen LogP) is 2.71. The standard InChI is InChI=1S/C18H23FN2O2/c1-22-18-4-2-3-15(18)17-12-23-8-7-21(17)11-13-5-6-14(10-20)16(19)9-13/h5-6,9,15,17-18H,2-4,7-8,11-12H2,1H3/t15-,17-,18-/m1/s1. The molecule has 124 valence electrons. The first-order valence-corrected chi connectivity index (χ1v) is 8.26. The van der Waals surface area contributed by atoms with Crippen LogP contribution in [0.5, 0.6) is 0 Å². The number of hydrogen-bond donors (Lipinski definition) is 0. The number of rotatable bonds is 4. The molecule has 1 aliphatic carbocycles. The van der Waals surface area contributed by atoms with Crippen molar-refractivity contribution in [1.82, 2.24) is 4.90 Å². The Morgan fingerprint density at radius 1 is 1.43 bits per heavy atom. The van der Waals surface area contributed by atoms with Crippen molar-refractivity contribution in [2.45, 2.75) is 38.0 Å².